The summed E-state index contributed by atoms with van der Waals surface area (Å²) in [6.07, 6.45) is 0. The molecular weight excluding hydrogens is 368 g/mol. The Morgan fingerprint density at radius 2 is 1.57 bits per heavy atom. The average Bonchev–Trinajstić information content (AvgIpc) is 2.75. The zero-order chi connectivity index (χ0) is 16.2. The molecule has 0 saturated heterocycles. The van der Waals surface area contributed by atoms with Gasteiger partial charge in [-0.1, -0.05) is 77.8 Å². The smallest absolute Gasteiger partial charge is 0.0409 e. The molecule has 0 spiro atoms. The normalized spacial score (nSPS) is 14.4. The lowest BCUT2D eigenvalue weighted by Gasteiger charge is -2.21. The standard InChI is InChI=1S/C21H16BrCl/c1-21(2)18-10-7-13(15-5-3-4-6-20(15)22)11-17(18)16-9-8-14(23)12-19(16)21/h3-12H,1-2H3. The van der Waals surface area contributed by atoms with Crippen LogP contribution in [0.3, 0.4) is 0 Å². The lowest BCUT2D eigenvalue weighted by Crippen LogP contribution is -2.14. The van der Waals surface area contributed by atoms with E-state index < -0.39 is 0 Å². The molecule has 114 valence electrons. The Morgan fingerprint density at radius 1 is 0.783 bits per heavy atom. The predicted octanol–water partition coefficient (Wildman–Crippen LogP) is 7.08. The Labute approximate surface area is 150 Å². The van der Waals surface area contributed by atoms with Crippen LogP contribution in [0, 0.1) is 0 Å². The molecule has 23 heavy (non-hydrogen) atoms. The van der Waals surface area contributed by atoms with Crippen LogP contribution >= 0.6 is 27.5 Å². The molecule has 0 N–H and O–H groups in total. The number of fused-ring (bicyclic) bond motifs is 3. The van der Waals surface area contributed by atoms with Gasteiger partial charge in [-0.05, 0) is 57.6 Å². The summed E-state index contributed by atoms with van der Waals surface area (Å²) in [6.45, 7) is 4.54. The number of hydrogen-bond acceptors (Lipinski definition) is 0. The summed E-state index contributed by atoms with van der Waals surface area (Å²) in [6, 6.07) is 21.4. The first-order valence-corrected chi connectivity index (χ1v) is 8.85. The van der Waals surface area contributed by atoms with Gasteiger partial charge in [0.1, 0.15) is 0 Å². The van der Waals surface area contributed by atoms with Gasteiger partial charge in [-0.3, -0.25) is 0 Å². The Hall–Kier alpha value is -1.57. The van der Waals surface area contributed by atoms with Crippen molar-refractivity contribution in [3.63, 3.8) is 0 Å². The van der Waals surface area contributed by atoms with Gasteiger partial charge in [0.2, 0.25) is 0 Å². The van der Waals surface area contributed by atoms with Crippen LogP contribution in [0.25, 0.3) is 22.3 Å². The van der Waals surface area contributed by atoms with Crippen LogP contribution in [0.1, 0.15) is 25.0 Å². The first kappa shape index (κ1) is 15.0. The number of benzene rings is 3. The molecule has 2 heteroatoms. The van der Waals surface area contributed by atoms with Gasteiger partial charge in [0.05, 0.1) is 0 Å². The maximum absolute atomic E-state index is 6.24. The van der Waals surface area contributed by atoms with E-state index in [0.717, 1.165) is 9.50 Å². The molecule has 0 radical (unpaired) electrons. The van der Waals surface area contributed by atoms with Gasteiger partial charge in [-0.25, -0.2) is 0 Å². The minimum atomic E-state index is -0.0119. The molecule has 0 aromatic heterocycles. The molecule has 0 bridgehead atoms. The Morgan fingerprint density at radius 3 is 2.35 bits per heavy atom. The maximum atomic E-state index is 6.24. The number of rotatable bonds is 1. The fourth-order valence-corrected chi connectivity index (χ4v) is 4.27. The van der Waals surface area contributed by atoms with Crippen molar-refractivity contribution >= 4 is 27.5 Å². The van der Waals surface area contributed by atoms with Crippen molar-refractivity contribution in [2.24, 2.45) is 0 Å². The highest BCUT2D eigenvalue weighted by atomic mass is 79.9. The van der Waals surface area contributed by atoms with Crippen molar-refractivity contribution in [2.45, 2.75) is 19.3 Å². The molecule has 3 aromatic carbocycles. The van der Waals surface area contributed by atoms with Crippen molar-refractivity contribution in [1.29, 1.82) is 0 Å². The number of hydrogen-bond donors (Lipinski definition) is 0. The average molecular weight is 384 g/mol. The van der Waals surface area contributed by atoms with Crippen molar-refractivity contribution in [3.8, 4) is 22.3 Å². The van der Waals surface area contributed by atoms with Crippen molar-refractivity contribution in [1.82, 2.24) is 0 Å². The Kier molecular flexibility index (Phi) is 3.40. The van der Waals surface area contributed by atoms with Gasteiger partial charge in [-0.2, -0.15) is 0 Å². The van der Waals surface area contributed by atoms with E-state index in [2.05, 4.69) is 78.3 Å². The van der Waals surface area contributed by atoms with E-state index in [-0.39, 0.29) is 5.41 Å². The highest BCUT2D eigenvalue weighted by molar-refractivity contribution is 9.10. The Bertz CT molecular complexity index is 925. The SMILES string of the molecule is CC1(C)c2ccc(-c3ccccc3Br)cc2-c2ccc(Cl)cc21. The van der Waals surface area contributed by atoms with E-state index in [1.165, 1.54) is 33.4 Å². The summed E-state index contributed by atoms with van der Waals surface area (Å²) in [7, 11) is 0. The largest absolute Gasteiger partial charge is 0.0843 e. The molecule has 0 nitrogen and oxygen atoms in total. The molecule has 0 amide bonds. The molecule has 0 saturated carbocycles. The maximum Gasteiger partial charge on any atom is 0.0409 e. The summed E-state index contributed by atoms with van der Waals surface area (Å²) in [4.78, 5) is 0. The summed E-state index contributed by atoms with van der Waals surface area (Å²) in [5.41, 5.74) is 7.72. The van der Waals surface area contributed by atoms with E-state index in [1.54, 1.807) is 0 Å². The molecule has 4 rings (SSSR count). The second kappa shape index (κ2) is 5.22. The first-order chi connectivity index (χ1) is 11.0. The quantitative estimate of drug-likeness (QED) is 0.421. The van der Waals surface area contributed by atoms with Crippen molar-refractivity contribution < 1.29 is 0 Å². The molecule has 0 aliphatic heterocycles. The molecule has 0 fully saturated rings. The lowest BCUT2D eigenvalue weighted by molar-refractivity contribution is 0.660. The fraction of sp³-hybridized carbons (Fsp3) is 0.143. The van der Waals surface area contributed by atoms with E-state index in [4.69, 9.17) is 11.6 Å². The second-order valence-corrected chi connectivity index (χ2v) is 7.85. The Balaban J connectivity index is 1.96. The summed E-state index contributed by atoms with van der Waals surface area (Å²) in [5.74, 6) is 0. The first-order valence-electron chi connectivity index (χ1n) is 7.68. The van der Waals surface area contributed by atoms with Gasteiger partial charge in [-0.15, -0.1) is 0 Å². The molecule has 0 heterocycles. The summed E-state index contributed by atoms with van der Waals surface area (Å²) < 4.78 is 1.12. The van der Waals surface area contributed by atoms with Crippen LogP contribution in [0.2, 0.25) is 5.02 Å². The minimum Gasteiger partial charge on any atom is -0.0843 e. The summed E-state index contributed by atoms with van der Waals surface area (Å²) in [5, 5.41) is 0.802. The van der Waals surface area contributed by atoms with Crippen LogP contribution < -0.4 is 0 Å². The van der Waals surface area contributed by atoms with Crippen LogP contribution in [0.4, 0.5) is 0 Å². The predicted molar refractivity (Wildman–Crippen MR) is 102 cm³/mol. The molecular formula is C21H16BrCl. The third-order valence-corrected chi connectivity index (χ3v) is 5.75. The topological polar surface area (TPSA) is 0 Å². The van der Waals surface area contributed by atoms with Gasteiger partial charge in [0.25, 0.3) is 0 Å². The van der Waals surface area contributed by atoms with E-state index in [1.807, 2.05) is 12.1 Å². The van der Waals surface area contributed by atoms with Crippen LogP contribution in [-0.4, -0.2) is 0 Å². The molecule has 3 aromatic rings. The van der Waals surface area contributed by atoms with Gasteiger partial charge in [0.15, 0.2) is 0 Å². The minimum absolute atomic E-state index is 0.0119. The number of halogens is 2. The third kappa shape index (κ3) is 2.26. The molecule has 0 unspecified atom stereocenters. The lowest BCUT2D eigenvalue weighted by atomic mass is 9.82. The summed E-state index contributed by atoms with van der Waals surface area (Å²) >= 11 is 9.90. The van der Waals surface area contributed by atoms with Crippen molar-refractivity contribution in [3.05, 3.63) is 81.3 Å². The van der Waals surface area contributed by atoms with E-state index in [9.17, 15) is 0 Å². The highest BCUT2D eigenvalue weighted by Gasteiger charge is 2.35. The van der Waals surface area contributed by atoms with Crippen molar-refractivity contribution in [2.75, 3.05) is 0 Å². The third-order valence-electron chi connectivity index (χ3n) is 4.82. The fourth-order valence-electron chi connectivity index (χ4n) is 3.59. The van der Waals surface area contributed by atoms with Crippen LogP contribution in [-0.2, 0) is 5.41 Å². The molecule has 0 atom stereocenters. The zero-order valence-electron chi connectivity index (χ0n) is 13.0. The van der Waals surface area contributed by atoms with Crippen LogP contribution in [0.15, 0.2) is 65.1 Å². The molecule has 1 aliphatic carbocycles. The van der Waals surface area contributed by atoms with Gasteiger partial charge < -0.3 is 0 Å². The van der Waals surface area contributed by atoms with E-state index >= 15 is 0 Å². The van der Waals surface area contributed by atoms with E-state index in [0.29, 0.717) is 0 Å². The monoisotopic (exact) mass is 382 g/mol. The second-order valence-electron chi connectivity index (χ2n) is 6.56. The van der Waals surface area contributed by atoms with Crippen LogP contribution in [0.5, 0.6) is 0 Å². The van der Waals surface area contributed by atoms with Gasteiger partial charge >= 0.3 is 0 Å². The van der Waals surface area contributed by atoms with Gasteiger partial charge in [0, 0.05) is 14.9 Å². The molecule has 1 aliphatic rings. The zero-order valence-corrected chi connectivity index (χ0v) is 15.4. The highest BCUT2D eigenvalue weighted by Crippen LogP contribution is 2.50.